The average Bonchev–Trinajstić information content (AvgIpc) is 3.08. The highest BCUT2D eigenvalue weighted by atomic mass is 16.1. The first-order valence-corrected chi connectivity index (χ1v) is 7.73. The number of carbonyl (C=O) groups is 1. The van der Waals surface area contributed by atoms with Crippen LogP contribution in [0, 0.1) is 11.3 Å². The highest BCUT2D eigenvalue weighted by Crippen LogP contribution is 2.16. The number of likely N-dealkylation sites (tertiary alicyclic amines) is 1. The number of nitriles is 1. The van der Waals surface area contributed by atoms with Crippen LogP contribution in [-0.2, 0) is 6.54 Å². The van der Waals surface area contributed by atoms with Crippen LogP contribution in [0.1, 0.15) is 34.5 Å². The van der Waals surface area contributed by atoms with E-state index in [2.05, 4.69) is 21.3 Å². The lowest BCUT2D eigenvalue weighted by atomic mass is 10.1. The maximum atomic E-state index is 12.2. The first kappa shape index (κ1) is 15.2. The van der Waals surface area contributed by atoms with Gasteiger partial charge in [-0.05, 0) is 55.8 Å². The molecular formula is C18H18N4O. The van der Waals surface area contributed by atoms with Crippen LogP contribution in [0.3, 0.4) is 0 Å². The van der Waals surface area contributed by atoms with Crippen molar-refractivity contribution in [3.8, 4) is 6.07 Å². The van der Waals surface area contributed by atoms with E-state index in [1.807, 2.05) is 24.3 Å². The van der Waals surface area contributed by atoms with E-state index >= 15 is 0 Å². The number of amides is 1. The largest absolute Gasteiger partial charge is 0.322 e. The molecule has 1 aromatic carbocycles. The second-order valence-electron chi connectivity index (χ2n) is 5.68. The Bertz CT molecular complexity index is 727. The third-order valence-corrected chi connectivity index (χ3v) is 3.93. The molecule has 3 rings (SSSR count). The summed E-state index contributed by atoms with van der Waals surface area (Å²) < 4.78 is 0. The Morgan fingerprint density at radius 3 is 2.78 bits per heavy atom. The van der Waals surface area contributed by atoms with Crippen LogP contribution in [0.5, 0.6) is 0 Å². The van der Waals surface area contributed by atoms with Crippen LogP contribution in [0.15, 0.2) is 42.6 Å². The molecule has 1 fully saturated rings. The molecule has 2 heterocycles. The number of benzene rings is 1. The van der Waals surface area contributed by atoms with E-state index in [0.29, 0.717) is 11.3 Å². The Hall–Kier alpha value is -2.71. The average molecular weight is 306 g/mol. The van der Waals surface area contributed by atoms with Crippen LogP contribution >= 0.6 is 0 Å². The fourth-order valence-electron chi connectivity index (χ4n) is 2.74. The van der Waals surface area contributed by atoms with Gasteiger partial charge in [0.05, 0.1) is 5.56 Å². The van der Waals surface area contributed by atoms with Crippen LogP contribution in [-0.4, -0.2) is 28.9 Å². The van der Waals surface area contributed by atoms with Crippen molar-refractivity contribution in [2.24, 2.45) is 0 Å². The molecule has 0 atom stereocenters. The zero-order valence-electron chi connectivity index (χ0n) is 12.8. The van der Waals surface area contributed by atoms with Gasteiger partial charge >= 0.3 is 0 Å². The molecule has 1 saturated heterocycles. The first-order valence-electron chi connectivity index (χ1n) is 7.73. The zero-order valence-corrected chi connectivity index (χ0v) is 12.8. The summed E-state index contributed by atoms with van der Waals surface area (Å²) in [6, 6.07) is 13.0. The van der Waals surface area contributed by atoms with Gasteiger partial charge in [-0.2, -0.15) is 5.26 Å². The third-order valence-electron chi connectivity index (χ3n) is 3.93. The molecule has 1 aromatic heterocycles. The van der Waals surface area contributed by atoms with Crippen molar-refractivity contribution >= 4 is 11.6 Å². The van der Waals surface area contributed by atoms with Gasteiger partial charge in [0.15, 0.2) is 0 Å². The number of anilines is 1. The fourth-order valence-corrected chi connectivity index (χ4v) is 2.74. The molecule has 0 saturated carbocycles. The number of carbonyl (C=O) groups excluding carboxylic acids is 1. The molecule has 0 bridgehead atoms. The van der Waals surface area contributed by atoms with Crippen molar-refractivity contribution in [2.75, 3.05) is 18.4 Å². The number of nitrogens with one attached hydrogen (secondary N) is 1. The van der Waals surface area contributed by atoms with Crippen molar-refractivity contribution in [2.45, 2.75) is 19.4 Å². The normalized spacial score (nSPS) is 14.4. The van der Waals surface area contributed by atoms with Crippen LogP contribution in [0.25, 0.3) is 0 Å². The molecule has 0 spiro atoms. The monoisotopic (exact) mass is 306 g/mol. The van der Waals surface area contributed by atoms with Crippen LogP contribution in [0.2, 0.25) is 0 Å². The van der Waals surface area contributed by atoms with Gasteiger partial charge in [0.25, 0.3) is 5.91 Å². The second-order valence-corrected chi connectivity index (χ2v) is 5.68. The molecule has 23 heavy (non-hydrogen) atoms. The molecule has 1 aliphatic heterocycles. The van der Waals surface area contributed by atoms with Gasteiger partial charge in [-0.15, -0.1) is 0 Å². The minimum absolute atomic E-state index is 0.222. The maximum absolute atomic E-state index is 12.2. The van der Waals surface area contributed by atoms with Crippen molar-refractivity contribution < 1.29 is 4.79 Å². The Balaban J connectivity index is 1.66. The van der Waals surface area contributed by atoms with Crippen molar-refractivity contribution in [3.63, 3.8) is 0 Å². The van der Waals surface area contributed by atoms with E-state index in [4.69, 9.17) is 5.26 Å². The second kappa shape index (κ2) is 7.03. The molecule has 5 heteroatoms. The number of aromatic nitrogens is 1. The van der Waals surface area contributed by atoms with Gasteiger partial charge in [-0.25, -0.2) is 4.98 Å². The van der Waals surface area contributed by atoms with E-state index < -0.39 is 0 Å². The first-order chi connectivity index (χ1) is 11.2. The molecule has 1 amide bonds. The number of rotatable bonds is 4. The van der Waals surface area contributed by atoms with Crippen molar-refractivity contribution in [1.29, 1.82) is 5.26 Å². The predicted octanol–water partition coefficient (Wildman–Crippen LogP) is 2.80. The van der Waals surface area contributed by atoms with Gasteiger partial charge < -0.3 is 5.32 Å². The summed E-state index contributed by atoms with van der Waals surface area (Å²) in [7, 11) is 0. The maximum Gasteiger partial charge on any atom is 0.257 e. The predicted molar refractivity (Wildman–Crippen MR) is 87.9 cm³/mol. The number of nitrogens with zero attached hydrogens (tertiary/aromatic N) is 3. The number of pyridine rings is 1. The third kappa shape index (κ3) is 3.93. The molecule has 0 radical (unpaired) electrons. The summed E-state index contributed by atoms with van der Waals surface area (Å²) in [5.41, 5.74) is 2.71. The lowest BCUT2D eigenvalue weighted by molar-refractivity contribution is 0.102. The van der Waals surface area contributed by atoms with E-state index in [1.54, 1.807) is 12.1 Å². The van der Waals surface area contributed by atoms with Gasteiger partial charge in [0.1, 0.15) is 11.8 Å². The summed E-state index contributed by atoms with van der Waals surface area (Å²) in [5.74, 6) is -0.222. The summed E-state index contributed by atoms with van der Waals surface area (Å²) >= 11 is 0. The number of hydrogen-bond donors (Lipinski definition) is 1. The van der Waals surface area contributed by atoms with Gasteiger partial charge in [0, 0.05) is 18.4 Å². The fraction of sp³-hybridized carbons (Fsp3) is 0.278. The van der Waals surface area contributed by atoms with E-state index in [9.17, 15) is 4.79 Å². The summed E-state index contributed by atoms with van der Waals surface area (Å²) in [4.78, 5) is 18.6. The van der Waals surface area contributed by atoms with E-state index in [0.717, 1.165) is 25.3 Å². The van der Waals surface area contributed by atoms with Gasteiger partial charge in [-0.1, -0.05) is 12.1 Å². The molecule has 2 aromatic rings. The Morgan fingerprint density at radius 1 is 1.26 bits per heavy atom. The van der Waals surface area contributed by atoms with Gasteiger partial charge in [0.2, 0.25) is 0 Å². The molecule has 5 nitrogen and oxygen atoms in total. The minimum Gasteiger partial charge on any atom is -0.322 e. The summed E-state index contributed by atoms with van der Waals surface area (Å²) in [6.07, 6.45) is 3.95. The zero-order chi connectivity index (χ0) is 16.1. The molecule has 1 aliphatic rings. The SMILES string of the molecule is N#Cc1ccc(C(=O)Nc2cccc(CN3CCCC3)c2)cn1. The minimum atomic E-state index is -0.222. The highest BCUT2D eigenvalue weighted by molar-refractivity contribution is 6.04. The molecule has 0 unspecified atom stereocenters. The Labute approximate surface area is 135 Å². The topological polar surface area (TPSA) is 69.0 Å². The standard InChI is InChI=1S/C18H18N4O/c19-11-17-7-6-15(12-20-17)18(23)21-16-5-3-4-14(10-16)13-22-8-1-2-9-22/h3-7,10,12H,1-2,8-9,13H2,(H,21,23). The van der Waals surface area contributed by atoms with E-state index in [1.165, 1.54) is 24.6 Å². The van der Waals surface area contributed by atoms with Gasteiger partial charge in [-0.3, -0.25) is 9.69 Å². The van der Waals surface area contributed by atoms with Crippen molar-refractivity contribution in [3.05, 3.63) is 59.4 Å². The number of hydrogen-bond acceptors (Lipinski definition) is 4. The molecule has 116 valence electrons. The lowest BCUT2D eigenvalue weighted by Crippen LogP contribution is -2.18. The quantitative estimate of drug-likeness (QED) is 0.943. The lowest BCUT2D eigenvalue weighted by Gasteiger charge is -2.15. The molecule has 1 N–H and O–H groups in total. The Kier molecular flexibility index (Phi) is 4.65. The molecular weight excluding hydrogens is 288 g/mol. The highest BCUT2D eigenvalue weighted by Gasteiger charge is 2.12. The summed E-state index contributed by atoms with van der Waals surface area (Å²) in [6.45, 7) is 3.21. The van der Waals surface area contributed by atoms with E-state index in [-0.39, 0.29) is 5.91 Å². The Morgan fingerprint density at radius 2 is 2.09 bits per heavy atom. The van der Waals surface area contributed by atoms with Crippen molar-refractivity contribution in [1.82, 2.24) is 9.88 Å². The smallest absolute Gasteiger partial charge is 0.257 e. The van der Waals surface area contributed by atoms with Crippen LogP contribution in [0.4, 0.5) is 5.69 Å². The van der Waals surface area contributed by atoms with Crippen LogP contribution < -0.4 is 5.32 Å². The molecule has 0 aliphatic carbocycles. The summed E-state index contributed by atoms with van der Waals surface area (Å²) in [5, 5.41) is 11.6.